The van der Waals surface area contributed by atoms with Gasteiger partial charge in [0.2, 0.25) is 0 Å². The molecule has 0 amide bonds. The van der Waals surface area contributed by atoms with Crippen LogP contribution in [0, 0.1) is 11.6 Å². The van der Waals surface area contributed by atoms with Crippen LogP contribution in [0.1, 0.15) is 5.56 Å². The fourth-order valence-electron chi connectivity index (χ4n) is 2.11. The Hall–Kier alpha value is -2.00. The molecule has 1 aromatic heterocycles. The quantitative estimate of drug-likeness (QED) is 0.655. The number of nitrogens with one attached hydrogen (secondary N) is 1. The highest BCUT2D eigenvalue weighted by atomic mass is 32.1. The first-order chi connectivity index (χ1) is 8.75. The Morgan fingerprint density at radius 1 is 1.06 bits per heavy atom. The van der Waals surface area contributed by atoms with Gasteiger partial charge in [0.15, 0.2) is 0 Å². The maximum Gasteiger partial charge on any atom is 0.132 e. The predicted molar refractivity (Wildman–Crippen MR) is 77.1 cm³/mol. The second-order valence-corrected chi connectivity index (χ2v) is 4.66. The summed E-state index contributed by atoms with van der Waals surface area (Å²) >= 11 is 5.21. The van der Waals surface area contributed by atoms with Gasteiger partial charge in [-0.2, -0.15) is 0 Å². The molecule has 0 aliphatic rings. The molecule has 0 spiro atoms. The van der Waals surface area contributed by atoms with Gasteiger partial charge < -0.3 is 4.98 Å². The third kappa shape index (κ3) is 1.83. The highest BCUT2D eigenvalue weighted by molar-refractivity contribution is 7.71. The molecule has 3 heteroatoms. The Morgan fingerprint density at radius 3 is 2.67 bits per heavy atom. The average molecular weight is 252 g/mol. The molecule has 18 heavy (non-hydrogen) atoms. The van der Waals surface area contributed by atoms with E-state index in [9.17, 15) is 0 Å². The summed E-state index contributed by atoms with van der Waals surface area (Å²) in [5.74, 6) is 0. The number of hydrogen-bond acceptors (Lipinski definition) is 2. The number of aromatic amines is 1. The molecule has 0 radical (unpaired) electrons. The second kappa shape index (κ2) is 4.35. The Labute approximate surface area is 110 Å². The molecule has 2 nitrogen and oxygen atoms in total. The number of nitrogens with zero attached hydrogens (tertiary/aromatic N) is 1. The van der Waals surface area contributed by atoms with Crippen molar-refractivity contribution in [1.82, 2.24) is 9.97 Å². The van der Waals surface area contributed by atoms with Crippen LogP contribution in [0.2, 0.25) is 0 Å². The van der Waals surface area contributed by atoms with Gasteiger partial charge in [-0.1, -0.05) is 48.6 Å². The predicted octanol–water partition coefficient (Wildman–Crippen LogP) is 4.27. The lowest BCUT2D eigenvalue weighted by Crippen LogP contribution is -1.91. The van der Waals surface area contributed by atoms with Crippen molar-refractivity contribution in [2.75, 3.05) is 0 Å². The number of fused-ring (bicyclic) bond motifs is 1. The van der Waals surface area contributed by atoms with E-state index in [1.54, 1.807) is 6.33 Å². The van der Waals surface area contributed by atoms with Gasteiger partial charge in [-0.05, 0) is 29.3 Å². The largest absolute Gasteiger partial charge is 0.346 e. The number of H-pyrrole nitrogens is 1. The van der Waals surface area contributed by atoms with E-state index < -0.39 is 0 Å². The lowest BCUT2D eigenvalue weighted by atomic mass is 10.0. The summed E-state index contributed by atoms with van der Waals surface area (Å²) in [5, 5.41) is 2.47. The molecule has 0 saturated carbocycles. The smallest absolute Gasteiger partial charge is 0.132 e. The SMILES string of the molecule is Cc1c(-c2ccc3ccccc3c2)[nH]cnc1=S. The summed E-state index contributed by atoms with van der Waals surface area (Å²) in [5.41, 5.74) is 3.20. The molecule has 2 aromatic carbocycles. The molecule has 1 heterocycles. The van der Waals surface area contributed by atoms with Gasteiger partial charge >= 0.3 is 0 Å². The Balaban J connectivity index is 2.26. The lowest BCUT2D eigenvalue weighted by molar-refractivity contribution is 1.12. The molecule has 0 aliphatic carbocycles. The summed E-state index contributed by atoms with van der Waals surface area (Å²) < 4.78 is 0.650. The number of aromatic nitrogens is 2. The summed E-state index contributed by atoms with van der Waals surface area (Å²) in [7, 11) is 0. The third-order valence-corrected chi connectivity index (χ3v) is 3.54. The maximum atomic E-state index is 5.21. The topological polar surface area (TPSA) is 28.7 Å². The molecule has 3 aromatic rings. The molecule has 1 N–H and O–H groups in total. The average Bonchev–Trinajstić information content (AvgIpc) is 2.41. The van der Waals surface area contributed by atoms with Gasteiger partial charge in [0.05, 0.1) is 12.0 Å². The zero-order valence-electron chi connectivity index (χ0n) is 9.97. The van der Waals surface area contributed by atoms with E-state index in [0.717, 1.165) is 16.8 Å². The molecule has 3 rings (SSSR count). The number of hydrogen-bond donors (Lipinski definition) is 1. The molecular formula is C15H12N2S. The lowest BCUT2D eigenvalue weighted by Gasteiger charge is -2.07. The molecule has 0 fully saturated rings. The van der Waals surface area contributed by atoms with Gasteiger partial charge in [-0.3, -0.25) is 0 Å². The van der Waals surface area contributed by atoms with E-state index in [1.807, 2.05) is 19.1 Å². The van der Waals surface area contributed by atoms with Gasteiger partial charge in [-0.25, -0.2) is 4.98 Å². The Kier molecular flexibility index (Phi) is 2.68. The van der Waals surface area contributed by atoms with Crippen LogP contribution in [0.15, 0.2) is 48.8 Å². The fourth-order valence-corrected chi connectivity index (χ4v) is 2.27. The van der Waals surface area contributed by atoms with Gasteiger partial charge in [-0.15, -0.1) is 0 Å². The fraction of sp³-hybridized carbons (Fsp3) is 0.0667. The van der Waals surface area contributed by atoms with Crippen LogP contribution >= 0.6 is 12.2 Å². The van der Waals surface area contributed by atoms with Gasteiger partial charge in [0.1, 0.15) is 4.64 Å². The van der Waals surface area contributed by atoms with E-state index in [0.29, 0.717) is 4.64 Å². The van der Waals surface area contributed by atoms with Crippen LogP contribution in [-0.4, -0.2) is 9.97 Å². The van der Waals surface area contributed by atoms with Gasteiger partial charge in [0.25, 0.3) is 0 Å². The third-order valence-electron chi connectivity index (χ3n) is 3.12. The molecule has 0 bridgehead atoms. The van der Waals surface area contributed by atoms with Crippen molar-refractivity contribution in [3.63, 3.8) is 0 Å². The minimum absolute atomic E-state index is 0.650. The second-order valence-electron chi connectivity index (χ2n) is 4.27. The summed E-state index contributed by atoms with van der Waals surface area (Å²) in [6.45, 7) is 2.00. The first-order valence-electron chi connectivity index (χ1n) is 5.79. The van der Waals surface area contributed by atoms with Crippen LogP contribution in [0.25, 0.3) is 22.0 Å². The first-order valence-corrected chi connectivity index (χ1v) is 6.20. The van der Waals surface area contributed by atoms with Crippen molar-refractivity contribution in [1.29, 1.82) is 0 Å². The van der Waals surface area contributed by atoms with Crippen LogP contribution in [0.4, 0.5) is 0 Å². The van der Waals surface area contributed by atoms with Crippen molar-refractivity contribution in [2.45, 2.75) is 6.92 Å². The van der Waals surface area contributed by atoms with Crippen molar-refractivity contribution in [3.05, 3.63) is 59.0 Å². The van der Waals surface area contributed by atoms with Crippen molar-refractivity contribution < 1.29 is 0 Å². The Bertz CT molecular complexity index is 775. The van der Waals surface area contributed by atoms with Crippen LogP contribution in [0.3, 0.4) is 0 Å². The standard InChI is InChI=1S/C15H12N2S/c1-10-14(16-9-17-15(10)18)13-7-6-11-4-2-3-5-12(11)8-13/h2-9H,1H3,(H,16,17,18). The van der Waals surface area contributed by atoms with E-state index in [1.165, 1.54) is 10.8 Å². The molecule has 0 atom stereocenters. The van der Waals surface area contributed by atoms with Crippen molar-refractivity contribution in [2.24, 2.45) is 0 Å². The molecule has 0 aliphatic heterocycles. The molecule has 88 valence electrons. The number of benzene rings is 2. The summed E-state index contributed by atoms with van der Waals surface area (Å²) in [4.78, 5) is 7.27. The zero-order chi connectivity index (χ0) is 12.5. The highest BCUT2D eigenvalue weighted by Gasteiger charge is 2.04. The van der Waals surface area contributed by atoms with Crippen LogP contribution in [0.5, 0.6) is 0 Å². The molecule has 0 saturated heterocycles. The van der Waals surface area contributed by atoms with Crippen LogP contribution < -0.4 is 0 Å². The van der Waals surface area contributed by atoms with Crippen molar-refractivity contribution in [3.8, 4) is 11.3 Å². The van der Waals surface area contributed by atoms with E-state index in [-0.39, 0.29) is 0 Å². The van der Waals surface area contributed by atoms with E-state index >= 15 is 0 Å². The Morgan fingerprint density at radius 2 is 1.83 bits per heavy atom. The molecule has 0 unspecified atom stereocenters. The van der Waals surface area contributed by atoms with E-state index in [4.69, 9.17) is 12.2 Å². The highest BCUT2D eigenvalue weighted by Crippen LogP contribution is 2.25. The minimum atomic E-state index is 0.650. The molecular weight excluding hydrogens is 240 g/mol. The maximum absolute atomic E-state index is 5.21. The monoisotopic (exact) mass is 252 g/mol. The van der Waals surface area contributed by atoms with Crippen molar-refractivity contribution >= 4 is 23.0 Å². The van der Waals surface area contributed by atoms with Crippen LogP contribution in [-0.2, 0) is 0 Å². The normalized spacial score (nSPS) is 10.7. The zero-order valence-corrected chi connectivity index (χ0v) is 10.8. The number of rotatable bonds is 1. The first kappa shape index (κ1) is 11.1. The van der Waals surface area contributed by atoms with Gasteiger partial charge in [0, 0.05) is 5.56 Å². The summed E-state index contributed by atoms with van der Waals surface area (Å²) in [6.07, 6.45) is 1.65. The summed E-state index contributed by atoms with van der Waals surface area (Å²) in [6, 6.07) is 14.7. The van der Waals surface area contributed by atoms with E-state index in [2.05, 4.69) is 40.3 Å². The minimum Gasteiger partial charge on any atom is -0.346 e.